The molecule has 0 aliphatic rings. The van der Waals surface area contributed by atoms with Crippen molar-refractivity contribution in [3.8, 4) is 5.75 Å². The molecule has 0 aromatic heterocycles. The lowest BCUT2D eigenvalue weighted by Gasteiger charge is -2.14. The van der Waals surface area contributed by atoms with Gasteiger partial charge in [0.05, 0.1) is 19.3 Å². The van der Waals surface area contributed by atoms with Gasteiger partial charge < -0.3 is 25.4 Å². The lowest BCUT2D eigenvalue weighted by Crippen LogP contribution is -2.23. The molecule has 1 atom stereocenters. The summed E-state index contributed by atoms with van der Waals surface area (Å²) in [7, 11) is 0. The fraction of sp³-hybridized carbons (Fsp3) is 0.357. The summed E-state index contributed by atoms with van der Waals surface area (Å²) in [6.07, 6.45) is 3.03. The summed E-state index contributed by atoms with van der Waals surface area (Å²) in [4.78, 5) is 0. The fourth-order valence-electron chi connectivity index (χ4n) is 3.88. The first-order valence-electron chi connectivity index (χ1n) is 11.9. The summed E-state index contributed by atoms with van der Waals surface area (Å²) < 4.78 is 5.86. The SMILES string of the molecule is OCc1cc(C(O)CNCCc2cccc(COCCCCc3cc(Cl)cc(Cl)c3)c2)ccc1O. The Morgan fingerprint density at radius 3 is 2.40 bits per heavy atom. The Bertz CT molecular complexity index is 1060. The summed E-state index contributed by atoms with van der Waals surface area (Å²) in [5.41, 5.74) is 4.57. The molecule has 0 heterocycles. The molecule has 3 rings (SSSR count). The zero-order valence-corrected chi connectivity index (χ0v) is 21.2. The Morgan fingerprint density at radius 2 is 1.63 bits per heavy atom. The number of aliphatic hydroxyl groups is 2. The first kappa shape index (κ1) is 27.5. The van der Waals surface area contributed by atoms with Crippen molar-refractivity contribution in [2.75, 3.05) is 19.7 Å². The van der Waals surface area contributed by atoms with E-state index in [1.54, 1.807) is 18.2 Å². The molecular weight excluding hydrogens is 485 g/mol. The van der Waals surface area contributed by atoms with Crippen LogP contribution in [0, 0.1) is 0 Å². The van der Waals surface area contributed by atoms with Gasteiger partial charge in [-0.05, 0) is 84.8 Å². The van der Waals surface area contributed by atoms with Gasteiger partial charge in [0.15, 0.2) is 0 Å². The van der Waals surface area contributed by atoms with E-state index in [4.69, 9.17) is 27.9 Å². The van der Waals surface area contributed by atoms with Crippen LogP contribution in [0.2, 0.25) is 10.0 Å². The largest absolute Gasteiger partial charge is 0.508 e. The Labute approximate surface area is 217 Å². The van der Waals surface area contributed by atoms with E-state index in [9.17, 15) is 15.3 Å². The predicted octanol–water partition coefficient (Wildman–Crippen LogP) is 5.60. The number of unbranched alkanes of at least 4 members (excludes halogenated alkanes) is 1. The Balaban J connectivity index is 1.32. The highest BCUT2D eigenvalue weighted by atomic mass is 35.5. The van der Waals surface area contributed by atoms with Gasteiger partial charge in [-0.3, -0.25) is 0 Å². The average molecular weight is 518 g/mol. The second kappa shape index (κ2) is 14.4. The van der Waals surface area contributed by atoms with E-state index in [1.165, 1.54) is 11.6 Å². The number of aryl methyl sites for hydroxylation is 1. The average Bonchev–Trinajstić information content (AvgIpc) is 2.84. The maximum absolute atomic E-state index is 10.4. The van der Waals surface area contributed by atoms with E-state index < -0.39 is 6.10 Å². The van der Waals surface area contributed by atoms with Crippen molar-refractivity contribution in [2.24, 2.45) is 0 Å². The van der Waals surface area contributed by atoms with E-state index in [0.29, 0.717) is 40.9 Å². The summed E-state index contributed by atoms with van der Waals surface area (Å²) in [5.74, 6) is 0.0307. The van der Waals surface area contributed by atoms with Crippen molar-refractivity contribution in [2.45, 2.75) is 45.0 Å². The third-order valence-electron chi connectivity index (χ3n) is 5.77. The third kappa shape index (κ3) is 9.45. The molecular formula is C28H33Cl2NO4. The molecule has 7 heteroatoms. The van der Waals surface area contributed by atoms with Crippen LogP contribution in [0.25, 0.3) is 0 Å². The number of phenols is 1. The molecule has 1 unspecified atom stereocenters. The van der Waals surface area contributed by atoms with E-state index >= 15 is 0 Å². The van der Waals surface area contributed by atoms with Crippen LogP contribution in [0.15, 0.2) is 60.7 Å². The molecule has 5 nitrogen and oxygen atoms in total. The summed E-state index contributed by atoms with van der Waals surface area (Å²) >= 11 is 12.1. The Morgan fingerprint density at radius 1 is 0.857 bits per heavy atom. The number of ether oxygens (including phenoxy) is 1. The number of benzene rings is 3. The molecule has 0 saturated heterocycles. The normalized spacial score (nSPS) is 12.1. The van der Waals surface area contributed by atoms with Crippen molar-refractivity contribution in [1.82, 2.24) is 5.32 Å². The third-order valence-corrected chi connectivity index (χ3v) is 6.21. The van der Waals surface area contributed by atoms with Crippen LogP contribution in [0.3, 0.4) is 0 Å². The van der Waals surface area contributed by atoms with Crippen molar-refractivity contribution in [3.63, 3.8) is 0 Å². The van der Waals surface area contributed by atoms with Crippen LogP contribution in [-0.2, 0) is 30.8 Å². The minimum atomic E-state index is -0.712. The molecule has 0 saturated carbocycles. The number of halogens is 2. The van der Waals surface area contributed by atoms with Crippen LogP contribution in [0.4, 0.5) is 0 Å². The van der Waals surface area contributed by atoms with Gasteiger partial charge in [-0.25, -0.2) is 0 Å². The zero-order chi connectivity index (χ0) is 25.0. The molecule has 4 N–H and O–H groups in total. The lowest BCUT2D eigenvalue weighted by atomic mass is 10.0. The van der Waals surface area contributed by atoms with E-state index in [1.807, 2.05) is 18.2 Å². The van der Waals surface area contributed by atoms with E-state index in [-0.39, 0.29) is 12.4 Å². The number of rotatable bonds is 14. The highest BCUT2D eigenvalue weighted by Gasteiger charge is 2.10. The molecule has 0 bridgehead atoms. The van der Waals surface area contributed by atoms with Gasteiger partial charge in [-0.1, -0.05) is 53.5 Å². The smallest absolute Gasteiger partial charge is 0.121 e. The van der Waals surface area contributed by atoms with Crippen molar-refractivity contribution in [3.05, 3.63) is 98.5 Å². The predicted molar refractivity (Wildman–Crippen MR) is 141 cm³/mol. The number of nitrogens with one attached hydrogen (secondary N) is 1. The lowest BCUT2D eigenvalue weighted by molar-refractivity contribution is 0.117. The maximum atomic E-state index is 10.4. The number of hydrogen-bond acceptors (Lipinski definition) is 5. The second-order valence-electron chi connectivity index (χ2n) is 8.62. The quantitative estimate of drug-likeness (QED) is 0.209. The molecule has 0 amide bonds. The zero-order valence-electron chi connectivity index (χ0n) is 19.7. The molecule has 3 aromatic rings. The monoisotopic (exact) mass is 517 g/mol. The highest BCUT2D eigenvalue weighted by Crippen LogP contribution is 2.22. The van der Waals surface area contributed by atoms with Gasteiger partial charge in [0.2, 0.25) is 0 Å². The molecule has 0 aliphatic heterocycles. The van der Waals surface area contributed by atoms with Crippen molar-refractivity contribution in [1.29, 1.82) is 0 Å². The van der Waals surface area contributed by atoms with Gasteiger partial charge in [0.25, 0.3) is 0 Å². The van der Waals surface area contributed by atoms with Crippen LogP contribution in [0.1, 0.15) is 46.8 Å². The van der Waals surface area contributed by atoms with Crippen LogP contribution in [0.5, 0.6) is 5.75 Å². The maximum Gasteiger partial charge on any atom is 0.121 e. The van der Waals surface area contributed by atoms with Crippen molar-refractivity contribution < 1.29 is 20.1 Å². The standard InChI is InChI=1S/C28H33Cl2NO4/c29-25-13-21(14-26(30)16-25)4-1-2-11-35-19-22-6-3-5-20(12-22)9-10-31-17-28(34)23-7-8-27(33)24(15-23)18-32/h3,5-8,12-16,28,31-34H,1-2,4,9-11,17-19H2. The minimum absolute atomic E-state index is 0.0307. The molecule has 35 heavy (non-hydrogen) atoms. The molecule has 188 valence electrons. The Hall–Kier alpha value is -2.12. The second-order valence-corrected chi connectivity index (χ2v) is 9.50. The molecule has 3 aromatic carbocycles. The summed E-state index contributed by atoms with van der Waals surface area (Å²) in [6, 6.07) is 18.8. The first-order valence-corrected chi connectivity index (χ1v) is 12.6. The van der Waals surface area contributed by atoms with Crippen molar-refractivity contribution >= 4 is 23.2 Å². The van der Waals surface area contributed by atoms with Gasteiger partial charge in [-0.2, -0.15) is 0 Å². The number of aliphatic hydroxyl groups excluding tert-OH is 2. The molecule has 0 radical (unpaired) electrons. The first-order chi connectivity index (χ1) is 16.9. The van der Waals surface area contributed by atoms with Crippen LogP contribution < -0.4 is 5.32 Å². The van der Waals surface area contributed by atoms with E-state index in [0.717, 1.165) is 43.4 Å². The van der Waals surface area contributed by atoms with Crippen LogP contribution >= 0.6 is 23.2 Å². The topological polar surface area (TPSA) is 82.0 Å². The van der Waals surface area contributed by atoms with E-state index in [2.05, 4.69) is 23.5 Å². The van der Waals surface area contributed by atoms with Gasteiger partial charge in [0.1, 0.15) is 5.75 Å². The van der Waals surface area contributed by atoms with Gasteiger partial charge in [-0.15, -0.1) is 0 Å². The molecule has 0 aliphatic carbocycles. The van der Waals surface area contributed by atoms with Gasteiger partial charge in [0, 0.05) is 28.8 Å². The van der Waals surface area contributed by atoms with Gasteiger partial charge >= 0.3 is 0 Å². The number of aromatic hydroxyl groups is 1. The minimum Gasteiger partial charge on any atom is -0.508 e. The molecule has 0 fully saturated rings. The number of hydrogen-bond donors (Lipinski definition) is 4. The summed E-state index contributed by atoms with van der Waals surface area (Å²) in [6.45, 7) is 2.13. The fourth-order valence-corrected chi connectivity index (χ4v) is 4.45. The summed E-state index contributed by atoms with van der Waals surface area (Å²) in [5, 5.41) is 33.9. The Kier molecular flexibility index (Phi) is 11.3. The molecule has 0 spiro atoms. The highest BCUT2D eigenvalue weighted by molar-refractivity contribution is 6.34. The van der Waals surface area contributed by atoms with Crippen LogP contribution in [-0.4, -0.2) is 35.0 Å².